The van der Waals surface area contributed by atoms with Gasteiger partial charge in [0.05, 0.1) is 22.8 Å². The van der Waals surface area contributed by atoms with Crippen molar-refractivity contribution < 1.29 is 0 Å². The molecule has 0 saturated heterocycles. The SMILES string of the molecule is Cc1ccc(-c2ccc3ccccc3c2)cc1.Cc1ccc(-c2ccccc2)c2ccccc12.Cc1ccc(-c2ccccc2)nc1.Cc1cccc(-c2ccccc2)n1.Cc1cccnc1-c1ccccc1.Cc1ccnc(-c2ccccc2)c1. The van der Waals surface area contributed by atoms with Crippen molar-refractivity contribution in [1.29, 1.82) is 0 Å². The van der Waals surface area contributed by atoms with E-state index in [9.17, 15) is 0 Å². The standard InChI is InChI=1S/2C17H14.4C12H11N/c1-13-11-12-16(14-7-3-2-4-8-14)17-10-6-5-9-15(13)17;1-13-6-8-15(9-7-13)17-11-10-14-4-2-3-5-16(14)12-17;1-10-6-5-9-13-12(10)11-7-3-2-4-8-11;1-10-6-5-9-12(13-10)11-7-3-2-4-8-11;1-10-7-8-13-12(9-10)11-5-3-2-4-6-11;1-10-7-8-12(13-9-10)11-5-3-2-4-6-11/h2*2-12H,1H3;4*2-9H,1H3. The van der Waals surface area contributed by atoms with E-state index in [-0.39, 0.29) is 0 Å². The van der Waals surface area contributed by atoms with Crippen LogP contribution in [0.25, 0.3) is 88.8 Å². The van der Waals surface area contributed by atoms with E-state index < -0.39 is 0 Å². The van der Waals surface area contributed by atoms with E-state index in [2.05, 4.69) is 248 Å². The highest BCUT2D eigenvalue weighted by atomic mass is 14.7. The number of rotatable bonds is 6. The van der Waals surface area contributed by atoms with Crippen LogP contribution in [0.1, 0.15) is 33.5 Å². The van der Waals surface area contributed by atoms with E-state index in [0.29, 0.717) is 0 Å². The Morgan fingerprint density at radius 2 is 0.779 bits per heavy atom. The Hall–Kier alpha value is -10.7. The van der Waals surface area contributed by atoms with Gasteiger partial charge in [0.25, 0.3) is 0 Å². The number of hydrogen-bond donors (Lipinski definition) is 0. The maximum Gasteiger partial charge on any atom is 0.0731 e. The molecule has 0 atom stereocenters. The van der Waals surface area contributed by atoms with Crippen LogP contribution >= 0.6 is 0 Å². The number of fused-ring (bicyclic) bond motifs is 2. The van der Waals surface area contributed by atoms with Gasteiger partial charge in [0.1, 0.15) is 0 Å². The van der Waals surface area contributed by atoms with Crippen molar-refractivity contribution in [2.24, 2.45) is 0 Å². The van der Waals surface area contributed by atoms with Crippen LogP contribution < -0.4 is 0 Å². The topological polar surface area (TPSA) is 51.6 Å². The van der Waals surface area contributed by atoms with Gasteiger partial charge in [-0.1, -0.05) is 272 Å². The summed E-state index contributed by atoms with van der Waals surface area (Å²) in [4.78, 5) is 17.5. The van der Waals surface area contributed by atoms with Gasteiger partial charge in [-0.15, -0.1) is 0 Å². The first-order valence-electron chi connectivity index (χ1n) is 29.2. The highest BCUT2D eigenvalue weighted by Crippen LogP contribution is 2.31. The van der Waals surface area contributed by atoms with Crippen molar-refractivity contribution in [3.63, 3.8) is 0 Å². The van der Waals surface area contributed by atoms with Gasteiger partial charge in [0.15, 0.2) is 0 Å². The molecule has 0 aliphatic heterocycles. The molecule has 4 heteroatoms. The summed E-state index contributed by atoms with van der Waals surface area (Å²) in [6.45, 7) is 12.5. The molecule has 0 N–H and O–H groups in total. The second kappa shape index (κ2) is 31.1. The number of aromatic nitrogens is 4. The average Bonchev–Trinajstić information content (AvgIpc) is 2.96. The van der Waals surface area contributed by atoms with E-state index in [1.54, 1.807) is 0 Å². The Labute approximate surface area is 509 Å². The fourth-order valence-corrected chi connectivity index (χ4v) is 9.68. The van der Waals surface area contributed by atoms with Gasteiger partial charge < -0.3 is 0 Å². The minimum atomic E-state index is 1.03. The Bertz CT molecular complexity index is 4220. The summed E-state index contributed by atoms with van der Waals surface area (Å²) >= 11 is 0. The summed E-state index contributed by atoms with van der Waals surface area (Å²) in [5.41, 5.74) is 21.4. The maximum absolute atomic E-state index is 4.44. The van der Waals surface area contributed by atoms with Crippen LogP contribution in [0.5, 0.6) is 0 Å². The van der Waals surface area contributed by atoms with Gasteiger partial charge in [-0.3, -0.25) is 19.9 Å². The predicted octanol–water partition coefficient (Wildman–Crippen LogP) is 21.9. The zero-order valence-electron chi connectivity index (χ0n) is 50.0. The molecule has 0 unspecified atom stereocenters. The van der Waals surface area contributed by atoms with Crippen LogP contribution in [-0.4, -0.2) is 19.9 Å². The molecule has 0 aliphatic rings. The summed E-state index contributed by atoms with van der Waals surface area (Å²) < 4.78 is 0. The fourth-order valence-electron chi connectivity index (χ4n) is 9.68. The van der Waals surface area contributed by atoms with Gasteiger partial charge in [0, 0.05) is 46.5 Å². The van der Waals surface area contributed by atoms with Crippen LogP contribution in [0.2, 0.25) is 0 Å². The summed E-state index contributed by atoms with van der Waals surface area (Å²) in [6, 6.07) is 107. The summed E-state index contributed by atoms with van der Waals surface area (Å²) in [7, 11) is 0. The second-order valence-electron chi connectivity index (χ2n) is 21.0. The predicted molar refractivity (Wildman–Crippen MR) is 366 cm³/mol. The minimum absolute atomic E-state index is 1.03. The van der Waals surface area contributed by atoms with E-state index in [0.717, 1.165) is 28.5 Å². The van der Waals surface area contributed by atoms with Crippen molar-refractivity contribution >= 4 is 21.5 Å². The molecule has 14 rings (SSSR count). The molecule has 0 amide bonds. The van der Waals surface area contributed by atoms with Crippen molar-refractivity contribution in [2.75, 3.05) is 0 Å². The Morgan fingerprint density at radius 3 is 1.37 bits per heavy atom. The first-order chi connectivity index (χ1) is 42.1. The number of benzene rings is 10. The van der Waals surface area contributed by atoms with Crippen molar-refractivity contribution in [3.8, 4) is 67.3 Å². The van der Waals surface area contributed by atoms with Crippen LogP contribution in [0, 0.1) is 41.5 Å². The lowest BCUT2D eigenvalue weighted by Crippen LogP contribution is -1.85. The molecule has 0 spiro atoms. The molecule has 4 heterocycles. The molecule has 0 saturated carbocycles. The Balaban J connectivity index is 0.000000124. The van der Waals surface area contributed by atoms with Gasteiger partial charge in [0.2, 0.25) is 0 Å². The molecular formula is C82H72N4. The zero-order chi connectivity index (χ0) is 59.7. The third-order valence-electron chi connectivity index (χ3n) is 14.3. The molecule has 0 bridgehead atoms. The molecule has 86 heavy (non-hydrogen) atoms. The molecule has 0 fully saturated rings. The number of pyridine rings is 4. The van der Waals surface area contributed by atoms with Crippen LogP contribution in [0.3, 0.4) is 0 Å². The van der Waals surface area contributed by atoms with Crippen molar-refractivity contribution in [2.45, 2.75) is 41.5 Å². The van der Waals surface area contributed by atoms with E-state index in [1.165, 1.54) is 93.9 Å². The lowest BCUT2D eigenvalue weighted by molar-refractivity contribution is 1.21. The monoisotopic (exact) mass is 1110 g/mol. The molecule has 0 aliphatic carbocycles. The van der Waals surface area contributed by atoms with E-state index in [4.69, 9.17) is 0 Å². The second-order valence-corrected chi connectivity index (χ2v) is 21.0. The van der Waals surface area contributed by atoms with Gasteiger partial charge in [-0.25, -0.2) is 0 Å². The van der Waals surface area contributed by atoms with Crippen LogP contribution in [0.4, 0.5) is 0 Å². The third kappa shape index (κ3) is 17.4. The van der Waals surface area contributed by atoms with Crippen molar-refractivity contribution in [1.82, 2.24) is 19.9 Å². The largest absolute Gasteiger partial charge is 0.256 e. The smallest absolute Gasteiger partial charge is 0.0731 e. The Morgan fingerprint density at radius 1 is 0.244 bits per heavy atom. The molecule has 420 valence electrons. The van der Waals surface area contributed by atoms with Crippen LogP contribution in [-0.2, 0) is 0 Å². The summed E-state index contributed by atoms with van der Waals surface area (Å²) in [5, 5.41) is 5.27. The molecule has 14 aromatic rings. The zero-order valence-corrected chi connectivity index (χ0v) is 50.0. The number of nitrogens with zero attached hydrogens (tertiary/aromatic N) is 4. The maximum atomic E-state index is 4.44. The molecular weight excluding hydrogens is 1040 g/mol. The first kappa shape index (κ1) is 59.9. The van der Waals surface area contributed by atoms with Crippen molar-refractivity contribution in [3.05, 3.63) is 361 Å². The van der Waals surface area contributed by atoms with Crippen LogP contribution in [0.15, 0.2) is 328 Å². The molecule has 4 aromatic heterocycles. The summed E-state index contributed by atoms with van der Waals surface area (Å²) in [6.07, 6.45) is 5.56. The first-order valence-corrected chi connectivity index (χ1v) is 29.2. The van der Waals surface area contributed by atoms with Gasteiger partial charge in [-0.2, -0.15) is 0 Å². The normalized spacial score (nSPS) is 10.2. The molecule has 0 radical (unpaired) electrons. The average molecular weight is 1110 g/mol. The Kier molecular flexibility index (Phi) is 21.7. The van der Waals surface area contributed by atoms with Gasteiger partial charge >= 0.3 is 0 Å². The fraction of sp³-hybridized carbons (Fsp3) is 0.0732. The number of hydrogen-bond acceptors (Lipinski definition) is 4. The highest BCUT2D eigenvalue weighted by molar-refractivity contribution is 5.98. The minimum Gasteiger partial charge on any atom is -0.256 e. The quantitative estimate of drug-likeness (QED) is 0.166. The summed E-state index contributed by atoms with van der Waals surface area (Å²) in [5.74, 6) is 0. The van der Waals surface area contributed by atoms with E-state index in [1.807, 2.05) is 142 Å². The molecule has 10 aromatic carbocycles. The molecule has 4 nitrogen and oxygen atoms in total. The van der Waals surface area contributed by atoms with Gasteiger partial charge in [-0.05, 0) is 150 Å². The highest BCUT2D eigenvalue weighted by Gasteiger charge is 2.06. The lowest BCUT2D eigenvalue weighted by Gasteiger charge is -2.09. The third-order valence-corrected chi connectivity index (χ3v) is 14.3. The van der Waals surface area contributed by atoms with E-state index >= 15 is 0 Å². The number of aryl methyl sites for hydroxylation is 6. The lowest BCUT2D eigenvalue weighted by atomic mass is 9.96.